The maximum Gasteiger partial charge on any atom is 0.226 e. The topological polar surface area (TPSA) is 61.2 Å². The highest BCUT2D eigenvalue weighted by molar-refractivity contribution is 5.85. The van der Waals surface area contributed by atoms with Crippen molar-refractivity contribution in [3.05, 3.63) is 107 Å². The Morgan fingerprint density at radius 2 is 1.72 bits per heavy atom. The summed E-state index contributed by atoms with van der Waals surface area (Å²) in [5.41, 5.74) is 5.35. The summed E-state index contributed by atoms with van der Waals surface area (Å²) in [6.07, 6.45) is 1.31. The molecule has 1 aromatic heterocycles. The van der Waals surface area contributed by atoms with Gasteiger partial charge in [-0.15, -0.1) is 0 Å². The molecule has 2 aliphatic heterocycles. The van der Waals surface area contributed by atoms with E-state index in [4.69, 9.17) is 9.47 Å². The number of rotatable bonds is 4. The van der Waals surface area contributed by atoms with E-state index >= 15 is 0 Å². The van der Waals surface area contributed by atoms with Gasteiger partial charge in [-0.2, -0.15) is 10.1 Å². The minimum absolute atomic E-state index is 0.144. The van der Waals surface area contributed by atoms with Crippen molar-refractivity contribution in [2.45, 2.75) is 19.1 Å². The molecule has 1 N–H and O–H groups in total. The number of nitrogens with zero attached hydrogens (tertiary/aromatic N) is 3. The molecule has 0 fully saturated rings. The van der Waals surface area contributed by atoms with Crippen LogP contribution >= 0.6 is 0 Å². The molecule has 32 heavy (non-hydrogen) atoms. The largest absolute Gasteiger partial charge is 0.494 e. The third-order valence-electron chi connectivity index (χ3n) is 5.93. The normalized spacial score (nSPS) is 18.7. The van der Waals surface area contributed by atoms with Gasteiger partial charge < -0.3 is 14.8 Å². The molecule has 158 valence electrons. The van der Waals surface area contributed by atoms with Crippen molar-refractivity contribution in [3.8, 4) is 11.5 Å². The Labute approximate surface area is 186 Å². The van der Waals surface area contributed by atoms with Gasteiger partial charge in [-0.25, -0.2) is 4.68 Å². The number of hydrogen-bond acceptors (Lipinski definition) is 5. The summed E-state index contributed by atoms with van der Waals surface area (Å²) in [4.78, 5) is 4.48. The van der Waals surface area contributed by atoms with Crippen LogP contribution in [0.3, 0.4) is 0 Å². The highest BCUT2D eigenvalue weighted by atomic mass is 16.5. The first-order valence-electron chi connectivity index (χ1n) is 10.8. The number of fused-ring (bicyclic) bond motifs is 3. The van der Waals surface area contributed by atoms with E-state index in [-0.39, 0.29) is 12.1 Å². The molecule has 0 amide bonds. The molecule has 6 heteroatoms. The lowest BCUT2D eigenvalue weighted by molar-refractivity contribution is 0.223. The van der Waals surface area contributed by atoms with Crippen LogP contribution in [0.5, 0.6) is 11.5 Å². The monoisotopic (exact) mass is 422 g/mol. The summed E-state index contributed by atoms with van der Waals surface area (Å²) in [7, 11) is 0. The maximum absolute atomic E-state index is 6.63. The van der Waals surface area contributed by atoms with E-state index in [0.717, 1.165) is 45.4 Å². The van der Waals surface area contributed by atoms with Gasteiger partial charge in [0.1, 0.15) is 30.0 Å². The Hall–Kier alpha value is -4.06. The Morgan fingerprint density at radius 3 is 2.53 bits per heavy atom. The second-order valence-electron chi connectivity index (χ2n) is 7.79. The Morgan fingerprint density at radius 1 is 0.938 bits per heavy atom. The van der Waals surface area contributed by atoms with Crippen LogP contribution < -0.4 is 14.8 Å². The van der Waals surface area contributed by atoms with Gasteiger partial charge in [0.05, 0.1) is 12.3 Å². The lowest BCUT2D eigenvalue weighted by Crippen LogP contribution is -2.32. The molecule has 2 aliphatic rings. The first-order valence-corrected chi connectivity index (χ1v) is 10.8. The predicted molar refractivity (Wildman–Crippen MR) is 123 cm³/mol. The van der Waals surface area contributed by atoms with Crippen LogP contribution in [0.1, 0.15) is 35.8 Å². The number of ether oxygens (including phenoxy) is 2. The molecule has 0 aliphatic carbocycles. The minimum Gasteiger partial charge on any atom is -0.494 e. The molecule has 6 nitrogen and oxygen atoms in total. The summed E-state index contributed by atoms with van der Waals surface area (Å²) >= 11 is 0. The number of hydrogen-bond donors (Lipinski definition) is 1. The Balaban J connectivity index is 1.57. The zero-order valence-corrected chi connectivity index (χ0v) is 17.6. The number of aromatic nitrogens is 3. The van der Waals surface area contributed by atoms with Gasteiger partial charge in [-0.05, 0) is 42.3 Å². The molecule has 0 spiro atoms. The highest BCUT2D eigenvalue weighted by Gasteiger charge is 2.40. The van der Waals surface area contributed by atoms with E-state index in [9.17, 15) is 0 Å². The fourth-order valence-corrected chi connectivity index (χ4v) is 4.55. The lowest BCUT2D eigenvalue weighted by atomic mass is 9.84. The van der Waals surface area contributed by atoms with E-state index in [2.05, 4.69) is 57.9 Å². The van der Waals surface area contributed by atoms with E-state index in [0.29, 0.717) is 6.61 Å². The Bertz CT molecular complexity index is 1290. The standard InChI is InChI=1S/C26H22N4O2/c1-2-31-19-14-12-18(13-15-19)25-22-23(20-10-6-7-11-21(20)32-25)29-26-27-16-28-30(26)24(22)17-8-4-3-5-9-17/h3-16,24-25H,2H2,1H3,(H,27,28,29)/t24-,25-/m0/s1. The first kappa shape index (κ1) is 18.7. The third-order valence-corrected chi connectivity index (χ3v) is 5.93. The summed E-state index contributed by atoms with van der Waals surface area (Å²) in [5, 5.41) is 8.09. The molecule has 0 unspecified atom stereocenters. The third kappa shape index (κ3) is 2.95. The van der Waals surface area contributed by atoms with Crippen LogP contribution in [0.25, 0.3) is 5.70 Å². The second kappa shape index (κ2) is 7.57. The molecule has 0 bridgehead atoms. The van der Waals surface area contributed by atoms with Crippen LogP contribution in [-0.4, -0.2) is 21.4 Å². The predicted octanol–water partition coefficient (Wildman–Crippen LogP) is 5.24. The number of nitrogens with one attached hydrogen (secondary N) is 1. The average molecular weight is 422 g/mol. The average Bonchev–Trinajstić information content (AvgIpc) is 3.32. The molecule has 2 atom stereocenters. The summed E-state index contributed by atoms with van der Waals surface area (Å²) in [6.45, 7) is 2.62. The van der Waals surface area contributed by atoms with Gasteiger partial charge in [0.25, 0.3) is 0 Å². The van der Waals surface area contributed by atoms with Crippen molar-refractivity contribution in [1.82, 2.24) is 14.8 Å². The summed E-state index contributed by atoms with van der Waals surface area (Å²) < 4.78 is 14.2. The van der Waals surface area contributed by atoms with Gasteiger partial charge in [0, 0.05) is 11.1 Å². The highest BCUT2D eigenvalue weighted by Crippen LogP contribution is 2.50. The molecule has 4 aromatic rings. The van der Waals surface area contributed by atoms with Crippen molar-refractivity contribution in [1.29, 1.82) is 0 Å². The maximum atomic E-state index is 6.63. The molecule has 6 rings (SSSR count). The van der Waals surface area contributed by atoms with Gasteiger partial charge in [0.2, 0.25) is 5.95 Å². The van der Waals surface area contributed by atoms with Crippen molar-refractivity contribution >= 4 is 11.6 Å². The van der Waals surface area contributed by atoms with E-state index in [1.807, 2.05) is 48.0 Å². The number of anilines is 1. The van der Waals surface area contributed by atoms with Gasteiger partial charge >= 0.3 is 0 Å². The number of para-hydroxylation sites is 1. The molecule has 0 saturated carbocycles. The van der Waals surface area contributed by atoms with Crippen LogP contribution in [0, 0.1) is 0 Å². The molecule has 0 saturated heterocycles. The molecular weight excluding hydrogens is 400 g/mol. The van der Waals surface area contributed by atoms with E-state index < -0.39 is 0 Å². The second-order valence-corrected chi connectivity index (χ2v) is 7.79. The molecular formula is C26H22N4O2. The smallest absolute Gasteiger partial charge is 0.226 e. The van der Waals surface area contributed by atoms with Crippen LogP contribution in [-0.2, 0) is 0 Å². The van der Waals surface area contributed by atoms with Gasteiger partial charge in [0.15, 0.2) is 0 Å². The van der Waals surface area contributed by atoms with Crippen molar-refractivity contribution < 1.29 is 9.47 Å². The van der Waals surface area contributed by atoms with Gasteiger partial charge in [-0.3, -0.25) is 0 Å². The molecule has 0 radical (unpaired) electrons. The van der Waals surface area contributed by atoms with Gasteiger partial charge in [-0.1, -0.05) is 54.6 Å². The summed E-state index contributed by atoms with van der Waals surface area (Å²) in [6, 6.07) is 26.5. The number of benzene rings is 3. The molecule has 3 heterocycles. The van der Waals surface area contributed by atoms with Crippen LogP contribution in [0.2, 0.25) is 0 Å². The fourth-order valence-electron chi connectivity index (χ4n) is 4.55. The zero-order chi connectivity index (χ0) is 21.5. The quantitative estimate of drug-likeness (QED) is 0.488. The van der Waals surface area contributed by atoms with E-state index in [1.54, 1.807) is 6.33 Å². The van der Waals surface area contributed by atoms with Crippen molar-refractivity contribution in [3.63, 3.8) is 0 Å². The Kier molecular flexibility index (Phi) is 4.42. The van der Waals surface area contributed by atoms with Crippen LogP contribution in [0.15, 0.2) is 90.8 Å². The summed E-state index contributed by atoms with van der Waals surface area (Å²) in [5.74, 6) is 2.42. The SMILES string of the molecule is CCOc1ccc([C@@H]2Oc3ccccc3C3=C2[C@H](c2ccccc2)n2ncnc2N3)cc1. The lowest BCUT2D eigenvalue weighted by Gasteiger charge is -2.39. The van der Waals surface area contributed by atoms with Crippen molar-refractivity contribution in [2.24, 2.45) is 0 Å². The van der Waals surface area contributed by atoms with Crippen LogP contribution in [0.4, 0.5) is 5.95 Å². The zero-order valence-electron chi connectivity index (χ0n) is 17.6. The first-order chi connectivity index (χ1) is 15.8. The van der Waals surface area contributed by atoms with Crippen molar-refractivity contribution in [2.75, 3.05) is 11.9 Å². The fraction of sp³-hybridized carbons (Fsp3) is 0.154. The molecule has 3 aromatic carbocycles. The van der Waals surface area contributed by atoms with E-state index in [1.165, 1.54) is 0 Å². The minimum atomic E-state index is -0.286.